The molecule has 0 bridgehead atoms. The quantitative estimate of drug-likeness (QED) is 0.0705. The second-order valence-corrected chi connectivity index (χ2v) is 26.2. The van der Waals surface area contributed by atoms with Crippen molar-refractivity contribution in [2.75, 3.05) is 19.6 Å². The highest BCUT2D eigenvalue weighted by Gasteiger charge is 2.33. The smallest absolute Gasteiger partial charge is 0.104 e. The van der Waals surface area contributed by atoms with Crippen LogP contribution < -0.4 is 19.6 Å². The van der Waals surface area contributed by atoms with Crippen LogP contribution in [-0.4, -0.2) is 0 Å². The van der Waals surface area contributed by atoms with Gasteiger partial charge in [0.1, 0.15) is 40.0 Å². The zero-order chi connectivity index (χ0) is 52.2. The molecule has 8 aromatic heterocycles. The van der Waals surface area contributed by atoms with Gasteiger partial charge in [-0.05, 0) is 200 Å². The van der Waals surface area contributed by atoms with E-state index in [0.717, 1.165) is 51.4 Å². The molecule has 0 aliphatic carbocycles. The van der Waals surface area contributed by atoms with Crippen molar-refractivity contribution in [1.82, 2.24) is 0 Å². The molecule has 0 fully saturated rings. The van der Waals surface area contributed by atoms with Crippen LogP contribution in [0.15, 0.2) is 128 Å². The molecule has 0 spiro atoms. The molecule has 0 atom stereocenters. The number of hydrogen-bond donors (Lipinski definition) is 0. The molecule has 76 heavy (non-hydrogen) atoms. The highest BCUT2D eigenvalue weighted by molar-refractivity contribution is 7.19. The normalized spacial score (nSPS) is 11.8. The topological polar surface area (TPSA) is 13.0 Å². The third kappa shape index (κ3) is 8.49. The highest BCUT2D eigenvalue weighted by atomic mass is 32.1. The molecule has 8 heterocycles. The lowest BCUT2D eigenvalue weighted by atomic mass is 9.89. The summed E-state index contributed by atoms with van der Waals surface area (Å²) in [6, 6.07) is 34.0. The lowest BCUT2D eigenvalue weighted by molar-refractivity contribution is 1.11. The van der Waals surface area contributed by atoms with E-state index >= 15 is 0 Å². The number of anilines is 12. The minimum atomic E-state index is 0.950. The van der Waals surface area contributed by atoms with Gasteiger partial charge in [0.15, 0.2) is 0 Å². The van der Waals surface area contributed by atoms with E-state index in [1.54, 1.807) is 0 Å². The number of benzene rings is 4. The summed E-state index contributed by atoms with van der Waals surface area (Å²) in [4.78, 5) is 10.7. The molecule has 4 aromatic carbocycles. The molecule has 386 valence electrons. The van der Waals surface area contributed by atoms with Crippen molar-refractivity contribution in [2.24, 2.45) is 0 Å². The summed E-state index contributed by atoms with van der Waals surface area (Å²) in [7, 11) is 0. The molecule has 0 saturated carbocycles. The van der Waals surface area contributed by atoms with E-state index in [0.29, 0.717) is 0 Å². The predicted octanol–water partition coefficient (Wildman–Crippen LogP) is 23.5. The Morgan fingerprint density at radius 2 is 0.395 bits per heavy atom. The van der Waals surface area contributed by atoms with Gasteiger partial charge in [-0.3, -0.25) is 19.6 Å². The number of nitrogens with zero attached hydrogens (tertiary/aromatic N) is 4. The summed E-state index contributed by atoms with van der Waals surface area (Å²) in [5.41, 5.74) is 15.8. The summed E-state index contributed by atoms with van der Waals surface area (Å²) >= 11 is 15.0. The Morgan fingerprint density at radius 3 is 0.539 bits per heavy atom. The maximum Gasteiger partial charge on any atom is 0.104 e. The molecule has 12 rings (SSSR count). The van der Waals surface area contributed by atoms with Crippen LogP contribution >= 0.6 is 90.7 Å². The second-order valence-electron chi connectivity index (χ2n) is 19.1. The van der Waals surface area contributed by atoms with E-state index in [1.165, 1.54) is 140 Å². The van der Waals surface area contributed by atoms with Crippen LogP contribution in [0.2, 0.25) is 0 Å². The third-order valence-electron chi connectivity index (χ3n) is 15.2. The van der Waals surface area contributed by atoms with Crippen LogP contribution in [0.4, 0.5) is 62.8 Å². The van der Waals surface area contributed by atoms with E-state index in [1.807, 2.05) is 90.7 Å². The number of aryl methyl sites for hydroxylation is 8. The minimum absolute atomic E-state index is 0.950. The van der Waals surface area contributed by atoms with E-state index in [4.69, 9.17) is 0 Å². The lowest BCUT2D eigenvalue weighted by Crippen LogP contribution is -2.16. The summed E-state index contributed by atoms with van der Waals surface area (Å²) in [5, 5.41) is 36.5. The fourth-order valence-electron chi connectivity index (χ4n) is 11.2. The molecule has 4 nitrogen and oxygen atoms in total. The van der Waals surface area contributed by atoms with Gasteiger partial charge in [0.2, 0.25) is 0 Å². The number of rotatable bonds is 20. The fraction of sp³-hybridized carbons (Fsp3) is 0.250. The molecule has 0 amide bonds. The number of hydrogen-bond acceptors (Lipinski definition) is 12. The van der Waals surface area contributed by atoms with Crippen LogP contribution in [0.3, 0.4) is 0 Å². The van der Waals surface area contributed by atoms with Crippen LogP contribution in [0.5, 0.6) is 0 Å². The van der Waals surface area contributed by atoms with Gasteiger partial charge in [-0.1, -0.05) is 79.7 Å². The second kappa shape index (κ2) is 21.9. The molecule has 0 aliphatic heterocycles. The minimum Gasteiger partial charge on any atom is -0.292 e. The summed E-state index contributed by atoms with van der Waals surface area (Å²) in [6.45, 7) is 18.5. The van der Waals surface area contributed by atoms with Crippen molar-refractivity contribution in [3.05, 3.63) is 172 Å². The van der Waals surface area contributed by atoms with Gasteiger partial charge in [-0.2, -0.15) is 0 Å². The SMILES string of the molecule is CCc1ccsc1N(c1sccc1CC)c1cc(N(c2sccc2CC)c2sccc2CC)c2ccc3c(N(c4sccc4CC)c4sccc4CC)cc(N(c4sccc4CC)c4sccc4CC)c4ccc1c2c43. The van der Waals surface area contributed by atoms with Gasteiger partial charge in [0, 0.05) is 32.3 Å². The Kier molecular flexibility index (Phi) is 14.8. The Bertz CT molecular complexity index is 3290. The average Bonchev–Trinajstić information content (AvgIpc) is 4.33. The zero-order valence-electron chi connectivity index (χ0n) is 44.4. The first kappa shape index (κ1) is 51.5. The first-order chi connectivity index (χ1) is 37.4. The maximum atomic E-state index is 2.67. The van der Waals surface area contributed by atoms with Gasteiger partial charge >= 0.3 is 0 Å². The summed E-state index contributed by atoms with van der Waals surface area (Å²) in [6.07, 6.45) is 7.60. The summed E-state index contributed by atoms with van der Waals surface area (Å²) < 4.78 is 0. The van der Waals surface area contributed by atoms with Crippen molar-refractivity contribution in [1.29, 1.82) is 0 Å². The Labute approximate surface area is 480 Å². The molecule has 12 heteroatoms. The van der Waals surface area contributed by atoms with Crippen LogP contribution in [0.1, 0.15) is 99.9 Å². The van der Waals surface area contributed by atoms with E-state index in [-0.39, 0.29) is 0 Å². The van der Waals surface area contributed by atoms with Gasteiger partial charge in [0.05, 0.1) is 22.7 Å². The fourth-order valence-corrected chi connectivity index (χ4v) is 19.6. The van der Waals surface area contributed by atoms with Gasteiger partial charge in [0.25, 0.3) is 0 Å². The molecule has 0 radical (unpaired) electrons. The van der Waals surface area contributed by atoms with E-state index in [9.17, 15) is 0 Å². The summed E-state index contributed by atoms with van der Waals surface area (Å²) in [5.74, 6) is 0. The highest BCUT2D eigenvalue weighted by Crippen LogP contribution is 2.59. The van der Waals surface area contributed by atoms with E-state index in [2.05, 4.69) is 203 Å². The van der Waals surface area contributed by atoms with Gasteiger partial charge in [-0.25, -0.2) is 0 Å². The van der Waals surface area contributed by atoms with Crippen LogP contribution in [0, 0.1) is 0 Å². The number of thiophene rings is 8. The zero-order valence-corrected chi connectivity index (χ0v) is 50.9. The molecule has 0 aliphatic rings. The molecule has 0 N–H and O–H groups in total. The standard InChI is InChI=1S/C64H62N4S8/c1-9-39-21-29-69-57(39)65(58-40(10-2)22-30-70-58)51-37-52(66(59-41(11-3)23-31-71-59)60-42(12-4)24-32-72-60)48-19-20-50-54(68(63-45(15-7)27-35-75-63)64-46(16-8)28-36-76-64)38-53(49-18-17-47(51)55(48)56(49)50)67(61-43(13-5)25-33-73-61)62-44(14-6)26-34-74-62/h17-38H,9-16H2,1-8H3. The first-order valence-corrected chi connectivity index (χ1v) is 33.9. The third-order valence-corrected chi connectivity index (χ3v) is 22.8. The predicted molar refractivity (Wildman–Crippen MR) is 347 cm³/mol. The van der Waals surface area contributed by atoms with Crippen molar-refractivity contribution >= 4 is 186 Å². The van der Waals surface area contributed by atoms with Crippen molar-refractivity contribution in [3.63, 3.8) is 0 Å². The monoisotopic (exact) mass is 1140 g/mol. The molecular formula is C64H62N4S8. The van der Waals surface area contributed by atoms with Crippen molar-refractivity contribution in [3.8, 4) is 0 Å². The van der Waals surface area contributed by atoms with Gasteiger partial charge in [-0.15, -0.1) is 90.7 Å². The van der Waals surface area contributed by atoms with Crippen molar-refractivity contribution in [2.45, 2.75) is 107 Å². The molecule has 0 saturated heterocycles. The van der Waals surface area contributed by atoms with E-state index < -0.39 is 0 Å². The molecule has 12 aromatic rings. The first-order valence-electron chi connectivity index (χ1n) is 26.9. The van der Waals surface area contributed by atoms with Crippen LogP contribution in [-0.2, 0) is 51.4 Å². The average molecular weight is 1140 g/mol. The van der Waals surface area contributed by atoms with Gasteiger partial charge < -0.3 is 0 Å². The lowest BCUT2D eigenvalue weighted by Gasteiger charge is -2.34. The largest absolute Gasteiger partial charge is 0.292 e. The molecular weight excluding hydrogens is 1080 g/mol. The molecule has 0 unspecified atom stereocenters. The van der Waals surface area contributed by atoms with Crippen molar-refractivity contribution < 1.29 is 0 Å². The Morgan fingerprint density at radius 1 is 0.237 bits per heavy atom. The van der Waals surface area contributed by atoms with Crippen LogP contribution in [0.25, 0.3) is 32.3 Å². The Hall–Kier alpha value is -5.28. The maximum absolute atomic E-state index is 2.67. The Balaban J connectivity index is 1.32.